The van der Waals surface area contributed by atoms with Gasteiger partial charge in [0.25, 0.3) is 0 Å². The Labute approximate surface area is 113 Å². The molecule has 0 aliphatic carbocycles. The smallest absolute Gasteiger partial charge is 0.0216 e. The van der Waals surface area contributed by atoms with Crippen molar-refractivity contribution in [3.05, 3.63) is 59.3 Å². The van der Waals surface area contributed by atoms with Gasteiger partial charge in [-0.15, -0.1) is 0 Å². The number of allylic oxidation sites excluding steroid dienone is 9. The lowest BCUT2D eigenvalue weighted by Gasteiger charge is -2.16. The van der Waals surface area contributed by atoms with Crippen LogP contribution in [-0.2, 0) is 0 Å². The Hall–Kier alpha value is -1.30. The van der Waals surface area contributed by atoms with Crippen LogP contribution in [0, 0.1) is 5.92 Å². The molecule has 0 fully saturated rings. The fourth-order valence-electron chi connectivity index (χ4n) is 2.23. The van der Waals surface area contributed by atoms with Crippen molar-refractivity contribution < 1.29 is 0 Å². The van der Waals surface area contributed by atoms with Gasteiger partial charge >= 0.3 is 0 Å². The molecule has 0 rings (SSSR count). The van der Waals surface area contributed by atoms with Crippen molar-refractivity contribution in [2.75, 3.05) is 0 Å². The maximum absolute atomic E-state index is 3.75. The van der Waals surface area contributed by atoms with Crippen LogP contribution < -0.4 is 0 Å². The van der Waals surface area contributed by atoms with Crippen molar-refractivity contribution >= 4 is 0 Å². The van der Waals surface area contributed by atoms with Crippen molar-refractivity contribution in [2.24, 2.45) is 5.92 Å². The van der Waals surface area contributed by atoms with Gasteiger partial charge in [0, 0.05) is 0 Å². The summed E-state index contributed by atoms with van der Waals surface area (Å²) in [7, 11) is 0. The fourth-order valence-corrected chi connectivity index (χ4v) is 2.23. The number of hydrogen-bond acceptors (Lipinski definition) is 0. The third-order valence-electron chi connectivity index (χ3n) is 3.09. The molecule has 0 spiro atoms. The van der Waals surface area contributed by atoms with Gasteiger partial charge in [-0.3, -0.25) is 0 Å². The molecule has 0 N–H and O–H groups in total. The molecule has 0 aromatic carbocycles. The van der Waals surface area contributed by atoms with Crippen LogP contribution in [0.2, 0.25) is 0 Å². The summed E-state index contributed by atoms with van der Waals surface area (Å²) < 4.78 is 0. The molecule has 0 radical (unpaired) electrons. The summed E-state index contributed by atoms with van der Waals surface area (Å²) in [6, 6.07) is 0. The number of hydrogen-bond donors (Lipinski definition) is 0. The van der Waals surface area contributed by atoms with E-state index >= 15 is 0 Å². The van der Waals surface area contributed by atoms with Gasteiger partial charge in [-0.05, 0) is 55.4 Å². The molecule has 100 valence electrons. The Balaban J connectivity index is 5.62. The first-order chi connectivity index (χ1) is 8.49. The zero-order chi connectivity index (χ0) is 14.1. The molecular formula is C18H28. The Kier molecular flexibility index (Phi) is 8.11. The largest absolute Gasteiger partial charge is 0.0991 e. The van der Waals surface area contributed by atoms with Crippen LogP contribution in [0.1, 0.15) is 48.0 Å². The average molecular weight is 244 g/mol. The molecule has 0 saturated carbocycles. The Bertz CT molecular complexity index is 384. The highest BCUT2D eigenvalue weighted by Crippen LogP contribution is 2.26. The highest BCUT2D eigenvalue weighted by molar-refractivity contribution is 5.49. The predicted molar refractivity (Wildman–Crippen MR) is 84.7 cm³/mol. The van der Waals surface area contributed by atoms with Crippen molar-refractivity contribution in [2.45, 2.75) is 48.0 Å². The molecule has 0 amide bonds. The molecule has 0 aliphatic heterocycles. The third kappa shape index (κ3) is 4.91. The van der Waals surface area contributed by atoms with E-state index in [0.29, 0.717) is 5.92 Å². The molecule has 0 heteroatoms. The van der Waals surface area contributed by atoms with Crippen LogP contribution in [0.4, 0.5) is 0 Å². The maximum atomic E-state index is 3.75. The van der Waals surface area contributed by atoms with Gasteiger partial charge in [0.05, 0.1) is 0 Å². The van der Waals surface area contributed by atoms with Crippen LogP contribution in [0.3, 0.4) is 0 Å². The van der Waals surface area contributed by atoms with Crippen molar-refractivity contribution in [3.8, 4) is 0 Å². The van der Waals surface area contributed by atoms with E-state index in [9.17, 15) is 0 Å². The Morgan fingerprint density at radius 3 is 2.22 bits per heavy atom. The average Bonchev–Trinajstić information content (AvgIpc) is 2.30. The van der Waals surface area contributed by atoms with Crippen molar-refractivity contribution in [1.29, 1.82) is 0 Å². The standard InChI is InChI=1S/C18H28/c1-8-11-13-18(14(4)5)16(7)17(10-3)15(6)12-9-2/h8,10-14H,1,9H2,2-7H3/b13-11-,15-12-,17-10+,18-16-. The second kappa shape index (κ2) is 8.74. The van der Waals surface area contributed by atoms with Gasteiger partial charge in [-0.1, -0.05) is 57.7 Å². The molecule has 0 unspecified atom stereocenters. The topological polar surface area (TPSA) is 0 Å². The molecule has 0 bridgehead atoms. The zero-order valence-corrected chi connectivity index (χ0v) is 12.9. The monoisotopic (exact) mass is 244 g/mol. The third-order valence-corrected chi connectivity index (χ3v) is 3.09. The lowest BCUT2D eigenvalue weighted by Crippen LogP contribution is -1.99. The molecule has 18 heavy (non-hydrogen) atoms. The summed E-state index contributed by atoms with van der Waals surface area (Å²) >= 11 is 0. The van der Waals surface area contributed by atoms with Crippen LogP contribution >= 0.6 is 0 Å². The van der Waals surface area contributed by atoms with E-state index in [2.05, 4.69) is 66.3 Å². The van der Waals surface area contributed by atoms with Crippen LogP contribution in [-0.4, -0.2) is 0 Å². The molecule has 0 aromatic rings. The van der Waals surface area contributed by atoms with Gasteiger partial charge in [0.2, 0.25) is 0 Å². The highest BCUT2D eigenvalue weighted by Gasteiger charge is 2.09. The minimum absolute atomic E-state index is 0.519. The Morgan fingerprint density at radius 2 is 1.83 bits per heavy atom. The first kappa shape index (κ1) is 16.7. The molecule has 0 aliphatic rings. The van der Waals surface area contributed by atoms with Gasteiger partial charge in [-0.25, -0.2) is 0 Å². The van der Waals surface area contributed by atoms with Crippen LogP contribution in [0.25, 0.3) is 0 Å². The second-order valence-electron chi connectivity index (χ2n) is 4.83. The quantitative estimate of drug-likeness (QED) is 0.502. The van der Waals surface area contributed by atoms with E-state index in [4.69, 9.17) is 0 Å². The summed E-state index contributed by atoms with van der Waals surface area (Å²) in [5.74, 6) is 0.519. The molecule has 0 saturated heterocycles. The van der Waals surface area contributed by atoms with Crippen LogP contribution in [0.15, 0.2) is 59.3 Å². The maximum Gasteiger partial charge on any atom is -0.0216 e. The highest BCUT2D eigenvalue weighted by atomic mass is 14.1. The van der Waals surface area contributed by atoms with E-state index in [1.165, 1.54) is 22.3 Å². The summed E-state index contributed by atoms with van der Waals surface area (Å²) in [5.41, 5.74) is 5.47. The van der Waals surface area contributed by atoms with Gasteiger partial charge in [0.15, 0.2) is 0 Å². The fraction of sp³-hybridized carbons (Fsp3) is 0.444. The van der Waals surface area contributed by atoms with E-state index in [-0.39, 0.29) is 0 Å². The lowest BCUT2D eigenvalue weighted by molar-refractivity contribution is 0.781. The van der Waals surface area contributed by atoms with Crippen molar-refractivity contribution in [1.82, 2.24) is 0 Å². The van der Waals surface area contributed by atoms with Gasteiger partial charge in [-0.2, -0.15) is 0 Å². The summed E-state index contributed by atoms with van der Waals surface area (Å²) in [5, 5.41) is 0. The predicted octanol–water partition coefficient (Wildman–Crippen LogP) is 6.00. The van der Waals surface area contributed by atoms with Crippen molar-refractivity contribution in [3.63, 3.8) is 0 Å². The summed E-state index contributed by atoms with van der Waals surface area (Å²) in [6.07, 6.45) is 11.6. The molecular weight excluding hydrogens is 216 g/mol. The first-order valence-electron chi connectivity index (χ1n) is 6.83. The zero-order valence-electron chi connectivity index (χ0n) is 12.9. The van der Waals surface area contributed by atoms with Gasteiger partial charge in [0.1, 0.15) is 0 Å². The van der Waals surface area contributed by atoms with E-state index < -0.39 is 0 Å². The normalized spacial score (nSPS) is 15.3. The summed E-state index contributed by atoms with van der Waals surface area (Å²) in [6.45, 7) is 16.9. The van der Waals surface area contributed by atoms with Gasteiger partial charge < -0.3 is 0 Å². The first-order valence-corrected chi connectivity index (χ1v) is 6.83. The van der Waals surface area contributed by atoms with E-state index in [1.807, 2.05) is 12.2 Å². The lowest BCUT2D eigenvalue weighted by atomic mass is 9.89. The van der Waals surface area contributed by atoms with E-state index in [0.717, 1.165) is 6.42 Å². The second-order valence-corrected chi connectivity index (χ2v) is 4.83. The SMILES string of the molecule is C=C\C=C/C(=C(C)/C(=C/C)C(/C)=C\CC)C(C)C. The van der Waals surface area contributed by atoms with Crippen LogP contribution in [0.5, 0.6) is 0 Å². The molecule has 0 heterocycles. The molecule has 0 atom stereocenters. The minimum atomic E-state index is 0.519. The summed E-state index contributed by atoms with van der Waals surface area (Å²) in [4.78, 5) is 0. The molecule has 0 aromatic heterocycles. The van der Waals surface area contributed by atoms with E-state index in [1.54, 1.807) is 0 Å². The number of rotatable bonds is 6. The Morgan fingerprint density at radius 1 is 1.22 bits per heavy atom. The molecule has 0 nitrogen and oxygen atoms in total. The minimum Gasteiger partial charge on any atom is -0.0991 e.